The number of hydrogen-bond acceptors (Lipinski definition) is 4. The molecule has 1 aromatic carbocycles. The Morgan fingerprint density at radius 3 is 2.86 bits per heavy atom. The van der Waals surface area contributed by atoms with Gasteiger partial charge in [-0.05, 0) is 12.1 Å². The van der Waals surface area contributed by atoms with E-state index in [1.807, 2.05) is 0 Å². The van der Waals surface area contributed by atoms with Gasteiger partial charge in [0.1, 0.15) is 11.2 Å². The summed E-state index contributed by atoms with van der Waals surface area (Å²) in [4.78, 5) is 4.36. The third-order valence-electron chi connectivity index (χ3n) is 1.73. The van der Waals surface area contributed by atoms with Crippen LogP contribution in [0.5, 0.6) is 0 Å². The molecule has 14 heavy (non-hydrogen) atoms. The highest BCUT2D eigenvalue weighted by molar-refractivity contribution is 7.90. The molecule has 4 nitrogen and oxygen atoms in total. The van der Waals surface area contributed by atoms with E-state index in [0.29, 0.717) is 15.6 Å². The van der Waals surface area contributed by atoms with Crippen LogP contribution in [-0.2, 0) is 10.0 Å². The average Bonchev–Trinajstić information content (AvgIpc) is 2.08. The predicted octanol–water partition coefficient (Wildman–Crippen LogP) is 1.58. The second kappa shape index (κ2) is 3.15. The molecule has 0 radical (unpaired) electrons. The molecule has 0 saturated heterocycles. The smallest absolute Gasteiger partial charge is 0.264 e. The van der Waals surface area contributed by atoms with E-state index in [1.165, 1.54) is 12.1 Å². The highest BCUT2D eigenvalue weighted by Crippen LogP contribution is 2.33. The van der Waals surface area contributed by atoms with Gasteiger partial charge in [0.25, 0.3) is 10.0 Å². The minimum Gasteiger partial charge on any atom is -0.270 e. The average molecular weight is 249 g/mol. The number of aliphatic imine (C=N–C) groups is 1. The molecule has 7 heteroatoms. The van der Waals surface area contributed by atoms with Gasteiger partial charge in [0.05, 0.1) is 10.7 Å². The molecule has 0 aliphatic carbocycles. The quantitative estimate of drug-likeness (QED) is 0.685. The Balaban J connectivity index is 2.79. The van der Waals surface area contributed by atoms with Gasteiger partial charge >= 0.3 is 0 Å². The van der Waals surface area contributed by atoms with Crippen LogP contribution in [0.3, 0.4) is 0 Å². The molecule has 74 valence electrons. The lowest BCUT2D eigenvalue weighted by molar-refractivity contribution is 0.592. The number of fused-ring (bicyclic) bond motifs is 1. The molecular weight excluding hydrogens is 244 g/mol. The number of halogens is 1. The van der Waals surface area contributed by atoms with E-state index in [-0.39, 0.29) is 4.90 Å². The molecule has 0 fully saturated rings. The van der Waals surface area contributed by atoms with Crippen molar-refractivity contribution in [3.8, 4) is 0 Å². The van der Waals surface area contributed by atoms with E-state index in [1.54, 1.807) is 0 Å². The van der Waals surface area contributed by atoms with Crippen molar-refractivity contribution in [1.29, 1.82) is 0 Å². The van der Waals surface area contributed by atoms with Crippen molar-refractivity contribution >= 4 is 46.3 Å². The highest BCUT2D eigenvalue weighted by Gasteiger charge is 2.21. The van der Waals surface area contributed by atoms with E-state index in [2.05, 4.69) is 22.3 Å². The summed E-state index contributed by atoms with van der Waals surface area (Å²) in [6.45, 7) is 0. The molecule has 0 amide bonds. The first-order chi connectivity index (χ1) is 6.50. The molecule has 0 atom stereocenters. The fourth-order valence-electron chi connectivity index (χ4n) is 1.08. The van der Waals surface area contributed by atoms with Crippen LogP contribution in [0.4, 0.5) is 5.69 Å². The standard InChI is InChI=1S/C7H5ClN2O2S2/c8-4-1-5-7(2-6(4)13)14(11,12)10-3-9-5/h1-3,13H,(H,9,10). The topological polar surface area (TPSA) is 58.5 Å². The highest BCUT2D eigenvalue weighted by atomic mass is 35.5. The summed E-state index contributed by atoms with van der Waals surface area (Å²) in [6, 6.07) is 2.84. The monoisotopic (exact) mass is 248 g/mol. The zero-order chi connectivity index (χ0) is 10.3. The van der Waals surface area contributed by atoms with Crippen molar-refractivity contribution in [3.05, 3.63) is 17.2 Å². The van der Waals surface area contributed by atoms with Crippen LogP contribution >= 0.6 is 24.2 Å². The Bertz CT molecular complexity index is 525. The Morgan fingerprint density at radius 2 is 2.14 bits per heavy atom. The SMILES string of the molecule is O=S1(=O)NC=Nc2cc(Cl)c(S)cc21. The molecule has 1 aliphatic heterocycles. The summed E-state index contributed by atoms with van der Waals surface area (Å²) < 4.78 is 25.1. The zero-order valence-corrected chi connectivity index (χ0v) is 9.20. The van der Waals surface area contributed by atoms with Crippen LogP contribution in [0.25, 0.3) is 0 Å². The minimum atomic E-state index is -3.49. The van der Waals surface area contributed by atoms with Gasteiger partial charge < -0.3 is 0 Å². The minimum absolute atomic E-state index is 0.0920. The van der Waals surface area contributed by atoms with Gasteiger partial charge in [0, 0.05) is 4.90 Å². The lowest BCUT2D eigenvalue weighted by Crippen LogP contribution is -2.24. The molecule has 1 aromatic rings. The fraction of sp³-hybridized carbons (Fsp3) is 0. The van der Waals surface area contributed by atoms with Gasteiger partial charge in [-0.25, -0.2) is 13.4 Å². The van der Waals surface area contributed by atoms with Crippen molar-refractivity contribution in [1.82, 2.24) is 4.72 Å². The first kappa shape index (κ1) is 9.82. The fourth-order valence-corrected chi connectivity index (χ4v) is 2.49. The van der Waals surface area contributed by atoms with Gasteiger partial charge in [-0.2, -0.15) is 0 Å². The van der Waals surface area contributed by atoms with Crippen LogP contribution in [0.2, 0.25) is 5.02 Å². The summed E-state index contributed by atoms with van der Waals surface area (Å²) in [5, 5.41) is 0.376. The van der Waals surface area contributed by atoms with Crippen molar-refractivity contribution in [2.24, 2.45) is 4.99 Å². The molecule has 0 saturated carbocycles. The molecular formula is C7H5ClN2O2S2. The first-order valence-corrected chi connectivity index (χ1v) is 5.89. The number of hydrogen-bond donors (Lipinski definition) is 2. The number of thiol groups is 1. The first-order valence-electron chi connectivity index (χ1n) is 3.58. The van der Waals surface area contributed by atoms with Gasteiger partial charge in [0.2, 0.25) is 0 Å². The van der Waals surface area contributed by atoms with Crippen LogP contribution in [0, 0.1) is 0 Å². The number of rotatable bonds is 0. The summed E-state index contributed by atoms with van der Waals surface area (Å²) in [6.07, 6.45) is 1.12. The van der Waals surface area contributed by atoms with Crippen LogP contribution in [-0.4, -0.2) is 14.8 Å². The Morgan fingerprint density at radius 1 is 1.43 bits per heavy atom. The van der Waals surface area contributed by atoms with Gasteiger partial charge in [-0.1, -0.05) is 11.6 Å². The number of benzene rings is 1. The second-order valence-corrected chi connectivity index (χ2v) is 5.22. The van der Waals surface area contributed by atoms with Gasteiger partial charge in [-0.3, -0.25) is 4.72 Å². The van der Waals surface area contributed by atoms with Gasteiger partial charge in [-0.15, -0.1) is 12.6 Å². The predicted molar refractivity (Wildman–Crippen MR) is 57.2 cm³/mol. The van der Waals surface area contributed by atoms with E-state index in [0.717, 1.165) is 6.34 Å². The van der Waals surface area contributed by atoms with Crippen LogP contribution in [0.15, 0.2) is 26.9 Å². The number of nitrogens with zero attached hydrogens (tertiary/aromatic N) is 1. The molecule has 2 rings (SSSR count). The summed E-state index contributed by atoms with van der Waals surface area (Å²) in [7, 11) is -3.49. The second-order valence-electron chi connectivity index (χ2n) is 2.65. The molecule has 1 heterocycles. The third-order valence-corrected chi connectivity index (χ3v) is 3.87. The number of nitrogens with one attached hydrogen (secondary N) is 1. The molecule has 0 aromatic heterocycles. The maximum absolute atomic E-state index is 11.5. The maximum atomic E-state index is 11.5. The summed E-state index contributed by atoms with van der Waals surface area (Å²) in [5.74, 6) is 0. The van der Waals surface area contributed by atoms with Crippen molar-refractivity contribution in [2.75, 3.05) is 0 Å². The third kappa shape index (κ3) is 1.49. The Labute approximate surface area is 91.5 Å². The van der Waals surface area contributed by atoms with E-state index in [9.17, 15) is 8.42 Å². The lowest BCUT2D eigenvalue weighted by atomic mass is 10.3. The van der Waals surface area contributed by atoms with E-state index < -0.39 is 10.0 Å². The molecule has 0 bridgehead atoms. The molecule has 1 aliphatic rings. The van der Waals surface area contributed by atoms with Crippen molar-refractivity contribution in [2.45, 2.75) is 9.79 Å². The largest absolute Gasteiger partial charge is 0.270 e. The van der Waals surface area contributed by atoms with Crippen molar-refractivity contribution in [3.63, 3.8) is 0 Å². The summed E-state index contributed by atoms with van der Waals surface area (Å²) in [5.41, 5.74) is 0.326. The van der Waals surface area contributed by atoms with Crippen LogP contribution in [0.1, 0.15) is 0 Å². The van der Waals surface area contributed by atoms with Crippen molar-refractivity contribution < 1.29 is 8.42 Å². The normalized spacial score (nSPS) is 17.3. The molecule has 0 unspecified atom stereocenters. The zero-order valence-electron chi connectivity index (χ0n) is 6.73. The maximum Gasteiger partial charge on any atom is 0.264 e. The van der Waals surface area contributed by atoms with Gasteiger partial charge in [0.15, 0.2) is 0 Å². The number of sulfonamides is 1. The van der Waals surface area contributed by atoms with E-state index >= 15 is 0 Å². The Kier molecular flexibility index (Phi) is 2.21. The summed E-state index contributed by atoms with van der Waals surface area (Å²) >= 11 is 9.81. The lowest BCUT2D eigenvalue weighted by Gasteiger charge is -2.12. The molecule has 0 spiro atoms. The molecule has 1 N–H and O–H groups in total. The Hall–Kier alpha value is -0.720. The van der Waals surface area contributed by atoms with E-state index in [4.69, 9.17) is 11.6 Å². The van der Waals surface area contributed by atoms with Crippen LogP contribution < -0.4 is 4.72 Å².